The van der Waals surface area contributed by atoms with Gasteiger partial charge in [0, 0.05) is 13.0 Å². The monoisotopic (exact) mass is 767 g/mol. The molecule has 0 fully saturated rings. The number of aliphatic hydroxyl groups excluding tert-OH is 1. The van der Waals surface area contributed by atoms with Gasteiger partial charge < -0.3 is 14.6 Å². The highest BCUT2D eigenvalue weighted by Crippen LogP contribution is 2.14. The minimum Gasteiger partial charge on any atom is -0.457 e. The number of allylic oxidation sites excluding steroid dienone is 12. The molecule has 0 radical (unpaired) electrons. The Morgan fingerprint density at radius 3 is 1.25 bits per heavy atom. The average Bonchev–Trinajstić information content (AvgIpc) is 3.19. The molecule has 0 saturated carbocycles. The van der Waals surface area contributed by atoms with E-state index in [1.807, 2.05) is 0 Å². The second-order valence-electron chi connectivity index (χ2n) is 15.4. The summed E-state index contributed by atoms with van der Waals surface area (Å²) in [6.45, 7) is 5.22. The standard InChI is InChI=1S/C51H90O4/c1-3-5-7-9-11-13-15-17-19-21-22-23-24-25-26-27-28-29-31-33-35-37-39-41-43-45-47-54-49-50(48-52)55-51(53)46-44-42-40-38-36-34-32-30-20-18-16-14-12-10-8-6-4-2/h5,7,11,13,17-20,22-23,25-26,50,52H,3-4,6,8-10,12,14-16,21,24,27-49H2,1-2H3/b7-5-,13-11-,19-17-,20-18-,23-22-,26-25-. The van der Waals surface area contributed by atoms with Crippen molar-refractivity contribution in [3.63, 3.8) is 0 Å². The minimum atomic E-state index is -0.542. The fraction of sp³-hybridized carbons (Fsp3) is 0.745. The van der Waals surface area contributed by atoms with E-state index in [2.05, 4.69) is 86.8 Å². The van der Waals surface area contributed by atoms with Crippen molar-refractivity contribution >= 4 is 5.97 Å². The summed E-state index contributed by atoms with van der Waals surface area (Å²) in [6, 6.07) is 0. The SMILES string of the molecule is CC/C=C\C/C=C\C/C=C\C/C=C\C/C=C\CCCCCCCCCCCCOCC(CO)OC(=O)CCCCCCCCC/C=C\CCCCCCCC. The molecule has 1 unspecified atom stereocenters. The second kappa shape index (κ2) is 48.0. The van der Waals surface area contributed by atoms with Crippen LogP contribution in [0.5, 0.6) is 0 Å². The molecular formula is C51H90O4. The minimum absolute atomic E-state index is 0.177. The summed E-state index contributed by atoms with van der Waals surface area (Å²) >= 11 is 0. The Kier molecular flexibility index (Phi) is 46.1. The van der Waals surface area contributed by atoms with Gasteiger partial charge in [-0.3, -0.25) is 4.79 Å². The normalized spacial score (nSPS) is 13.0. The molecule has 0 saturated heterocycles. The van der Waals surface area contributed by atoms with Crippen LogP contribution in [0.4, 0.5) is 0 Å². The Labute approximate surface area is 342 Å². The third kappa shape index (κ3) is 46.1. The maximum Gasteiger partial charge on any atom is 0.306 e. The number of aliphatic hydroxyl groups is 1. The average molecular weight is 767 g/mol. The molecule has 55 heavy (non-hydrogen) atoms. The van der Waals surface area contributed by atoms with Crippen LogP contribution in [0, 0.1) is 0 Å². The van der Waals surface area contributed by atoms with E-state index in [1.165, 1.54) is 148 Å². The smallest absolute Gasteiger partial charge is 0.306 e. The molecule has 1 atom stereocenters. The zero-order chi connectivity index (χ0) is 39.8. The van der Waals surface area contributed by atoms with Crippen LogP contribution in [0.25, 0.3) is 0 Å². The number of hydrogen-bond acceptors (Lipinski definition) is 4. The van der Waals surface area contributed by atoms with E-state index in [0.717, 1.165) is 51.4 Å². The molecule has 0 heterocycles. The Balaban J connectivity index is 3.45. The highest BCUT2D eigenvalue weighted by atomic mass is 16.6. The lowest BCUT2D eigenvalue weighted by Crippen LogP contribution is -2.27. The molecule has 0 aliphatic rings. The molecule has 0 spiro atoms. The highest BCUT2D eigenvalue weighted by Gasteiger charge is 2.13. The van der Waals surface area contributed by atoms with Gasteiger partial charge >= 0.3 is 5.97 Å². The van der Waals surface area contributed by atoms with Crippen LogP contribution >= 0.6 is 0 Å². The van der Waals surface area contributed by atoms with Crippen LogP contribution in [-0.4, -0.2) is 37.0 Å². The zero-order valence-electron chi connectivity index (χ0n) is 36.4. The molecule has 0 bridgehead atoms. The van der Waals surface area contributed by atoms with E-state index in [0.29, 0.717) is 13.0 Å². The Bertz CT molecular complexity index is 942. The molecule has 0 aromatic carbocycles. The Morgan fingerprint density at radius 1 is 0.455 bits per heavy atom. The number of ether oxygens (including phenoxy) is 2. The second-order valence-corrected chi connectivity index (χ2v) is 15.4. The van der Waals surface area contributed by atoms with E-state index < -0.39 is 6.10 Å². The topological polar surface area (TPSA) is 55.8 Å². The Morgan fingerprint density at radius 2 is 0.818 bits per heavy atom. The van der Waals surface area contributed by atoms with Crippen LogP contribution in [0.15, 0.2) is 72.9 Å². The zero-order valence-corrected chi connectivity index (χ0v) is 36.4. The van der Waals surface area contributed by atoms with Crippen LogP contribution < -0.4 is 0 Å². The molecule has 0 aliphatic carbocycles. The van der Waals surface area contributed by atoms with Gasteiger partial charge in [-0.1, -0.05) is 202 Å². The first-order valence-electron chi connectivity index (χ1n) is 23.5. The number of rotatable bonds is 43. The van der Waals surface area contributed by atoms with Crippen LogP contribution in [0.1, 0.15) is 219 Å². The van der Waals surface area contributed by atoms with Crippen molar-refractivity contribution in [1.29, 1.82) is 0 Å². The fourth-order valence-corrected chi connectivity index (χ4v) is 6.53. The van der Waals surface area contributed by atoms with Gasteiger partial charge in [-0.05, 0) is 83.5 Å². The first-order chi connectivity index (χ1) is 27.2. The summed E-state index contributed by atoms with van der Waals surface area (Å²) in [4.78, 5) is 12.2. The van der Waals surface area contributed by atoms with Crippen LogP contribution in [-0.2, 0) is 14.3 Å². The largest absolute Gasteiger partial charge is 0.457 e. The molecule has 4 heteroatoms. The first-order valence-corrected chi connectivity index (χ1v) is 23.5. The van der Waals surface area contributed by atoms with Crippen molar-refractivity contribution in [2.24, 2.45) is 0 Å². The third-order valence-corrected chi connectivity index (χ3v) is 10.0. The van der Waals surface area contributed by atoms with Crippen molar-refractivity contribution in [3.8, 4) is 0 Å². The fourth-order valence-electron chi connectivity index (χ4n) is 6.53. The van der Waals surface area contributed by atoms with Crippen molar-refractivity contribution in [2.45, 2.75) is 225 Å². The first kappa shape index (κ1) is 52.8. The number of carbonyl (C=O) groups excluding carboxylic acids is 1. The van der Waals surface area contributed by atoms with E-state index in [4.69, 9.17) is 9.47 Å². The molecule has 0 aliphatic heterocycles. The molecule has 0 aromatic rings. The molecule has 0 amide bonds. The molecular weight excluding hydrogens is 677 g/mol. The van der Waals surface area contributed by atoms with Gasteiger partial charge in [-0.15, -0.1) is 0 Å². The van der Waals surface area contributed by atoms with E-state index in [-0.39, 0.29) is 19.2 Å². The predicted octanol–water partition coefficient (Wildman–Crippen LogP) is 15.8. The van der Waals surface area contributed by atoms with Crippen molar-refractivity contribution in [3.05, 3.63) is 72.9 Å². The maximum absolute atomic E-state index is 12.2. The third-order valence-electron chi connectivity index (χ3n) is 10.0. The van der Waals surface area contributed by atoms with Gasteiger partial charge in [-0.25, -0.2) is 0 Å². The van der Waals surface area contributed by atoms with Crippen LogP contribution in [0.3, 0.4) is 0 Å². The predicted molar refractivity (Wildman–Crippen MR) is 242 cm³/mol. The maximum atomic E-state index is 12.2. The summed E-state index contributed by atoms with van der Waals surface area (Å²) in [5, 5.41) is 9.63. The quantitative estimate of drug-likeness (QED) is 0.0381. The van der Waals surface area contributed by atoms with Crippen molar-refractivity contribution < 1.29 is 19.4 Å². The molecule has 4 nitrogen and oxygen atoms in total. The highest BCUT2D eigenvalue weighted by molar-refractivity contribution is 5.69. The van der Waals surface area contributed by atoms with Gasteiger partial charge in [0.25, 0.3) is 0 Å². The molecule has 318 valence electrons. The lowest BCUT2D eigenvalue weighted by atomic mass is 10.1. The molecule has 0 aromatic heterocycles. The summed E-state index contributed by atoms with van der Waals surface area (Å²) in [7, 11) is 0. The molecule has 1 N–H and O–H groups in total. The number of esters is 1. The summed E-state index contributed by atoms with van der Waals surface area (Å²) in [6.07, 6.45) is 65.4. The number of carbonyl (C=O) groups is 1. The number of hydrogen-bond donors (Lipinski definition) is 1. The van der Waals surface area contributed by atoms with Gasteiger partial charge in [0.15, 0.2) is 0 Å². The lowest BCUT2D eigenvalue weighted by molar-refractivity contribution is -0.154. The van der Waals surface area contributed by atoms with Gasteiger partial charge in [0.1, 0.15) is 6.10 Å². The van der Waals surface area contributed by atoms with Crippen molar-refractivity contribution in [2.75, 3.05) is 19.8 Å². The lowest BCUT2D eigenvalue weighted by Gasteiger charge is -2.16. The van der Waals surface area contributed by atoms with Gasteiger partial charge in [-0.2, -0.15) is 0 Å². The Hall–Kier alpha value is -2.17. The van der Waals surface area contributed by atoms with Crippen molar-refractivity contribution in [1.82, 2.24) is 0 Å². The summed E-state index contributed by atoms with van der Waals surface area (Å²) in [5.41, 5.74) is 0. The summed E-state index contributed by atoms with van der Waals surface area (Å²) < 4.78 is 11.2. The number of unbranched alkanes of at least 4 members (excludes halogenated alkanes) is 23. The van der Waals surface area contributed by atoms with E-state index in [1.54, 1.807) is 0 Å². The van der Waals surface area contributed by atoms with Gasteiger partial charge in [0.05, 0.1) is 13.2 Å². The van der Waals surface area contributed by atoms with E-state index >= 15 is 0 Å². The molecule has 0 rings (SSSR count). The van der Waals surface area contributed by atoms with Crippen LogP contribution in [0.2, 0.25) is 0 Å². The summed E-state index contributed by atoms with van der Waals surface area (Å²) in [5.74, 6) is -0.208. The van der Waals surface area contributed by atoms with Gasteiger partial charge in [0.2, 0.25) is 0 Å². The van der Waals surface area contributed by atoms with E-state index in [9.17, 15) is 9.90 Å².